The Morgan fingerprint density at radius 2 is 1.83 bits per heavy atom. The van der Waals surface area contributed by atoms with Crippen molar-refractivity contribution in [1.82, 2.24) is 9.80 Å². The number of amides is 2. The third kappa shape index (κ3) is 6.40. The van der Waals surface area contributed by atoms with Gasteiger partial charge in [0.1, 0.15) is 0 Å². The number of anilines is 1. The summed E-state index contributed by atoms with van der Waals surface area (Å²) in [6, 6.07) is 3.38. The molecule has 0 spiro atoms. The molecule has 30 heavy (non-hydrogen) atoms. The Morgan fingerprint density at radius 1 is 1.10 bits per heavy atom. The molecular weight excluding hydrogens is 410 g/mol. The third-order valence-electron chi connectivity index (χ3n) is 4.87. The summed E-state index contributed by atoms with van der Waals surface area (Å²) < 4.78 is 16.6. The second-order valence-corrected chi connectivity index (χ2v) is 8.37. The lowest BCUT2D eigenvalue weighted by Gasteiger charge is -2.22. The van der Waals surface area contributed by atoms with E-state index in [0.717, 1.165) is 19.4 Å². The van der Waals surface area contributed by atoms with Crippen LogP contribution in [0.25, 0.3) is 0 Å². The zero-order valence-corrected chi connectivity index (χ0v) is 18.4. The lowest BCUT2D eigenvalue weighted by molar-refractivity contribution is -0.117. The molecule has 1 aromatic carbocycles. The highest BCUT2D eigenvalue weighted by molar-refractivity contribution is 6.34. The number of carbonyl (C=O) groups is 2. The molecule has 0 unspecified atom stereocenters. The van der Waals surface area contributed by atoms with Gasteiger partial charge in [-0.25, -0.2) is 4.79 Å². The number of hydrogen-bond acceptors (Lipinski definition) is 6. The van der Waals surface area contributed by atoms with Gasteiger partial charge in [0, 0.05) is 44.7 Å². The number of carbonyl (C=O) groups excluding carboxylic acids is 2. The molecule has 2 aliphatic heterocycles. The zero-order valence-electron chi connectivity index (χ0n) is 17.6. The van der Waals surface area contributed by atoms with Gasteiger partial charge in [-0.3, -0.25) is 9.69 Å². The van der Waals surface area contributed by atoms with Crippen molar-refractivity contribution in [3.63, 3.8) is 0 Å². The summed E-state index contributed by atoms with van der Waals surface area (Å²) >= 11 is 6.31. The molecule has 166 valence electrons. The number of fused-ring (bicyclic) bond motifs is 1. The zero-order chi connectivity index (χ0) is 21.5. The molecule has 1 fully saturated rings. The maximum atomic E-state index is 12.6. The van der Waals surface area contributed by atoms with Gasteiger partial charge >= 0.3 is 6.09 Å². The molecule has 0 aliphatic carbocycles. The topological polar surface area (TPSA) is 80.3 Å². The quantitative estimate of drug-likeness (QED) is 0.758. The number of rotatable bonds is 5. The number of halogens is 1. The van der Waals surface area contributed by atoms with Gasteiger partial charge in [-0.2, -0.15) is 0 Å². The van der Waals surface area contributed by atoms with Crippen LogP contribution in [-0.2, 0) is 9.53 Å². The van der Waals surface area contributed by atoms with E-state index in [1.165, 1.54) is 0 Å². The molecule has 0 bridgehead atoms. The van der Waals surface area contributed by atoms with E-state index in [0.29, 0.717) is 67.6 Å². The predicted octanol–water partition coefficient (Wildman–Crippen LogP) is 3.24. The van der Waals surface area contributed by atoms with E-state index >= 15 is 0 Å². The Hall–Kier alpha value is -2.19. The summed E-state index contributed by atoms with van der Waals surface area (Å²) in [5, 5.41) is 3.27. The first kappa shape index (κ1) is 22.5. The molecule has 1 aromatic rings. The SMILES string of the molecule is CC(C)COC(=O)N1CCCN(CC(=O)Nc2cc3c(cc2Cl)OCCCO3)CC1. The van der Waals surface area contributed by atoms with Crippen LogP contribution in [0.4, 0.5) is 10.5 Å². The van der Waals surface area contributed by atoms with Crippen molar-refractivity contribution < 1.29 is 23.8 Å². The molecule has 3 rings (SSSR count). The standard InChI is InChI=1S/C21H30ClN3O5/c1-15(2)14-30-21(27)25-6-3-5-24(7-8-25)13-20(26)23-17-12-19-18(11-16(17)22)28-9-4-10-29-19/h11-12,15H,3-10,13-14H2,1-2H3,(H,23,26). The molecule has 2 heterocycles. The summed E-state index contributed by atoms with van der Waals surface area (Å²) in [4.78, 5) is 28.5. The van der Waals surface area contributed by atoms with Crippen LogP contribution in [0.5, 0.6) is 11.5 Å². The minimum atomic E-state index is -0.283. The fraction of sp³-hybridized carbons (Fsp3) is 0.619. The molecule has 2 aliphatic rings. The van der Waals surface area contributed by atoms with Crippen molar-refractivity contribution in [3.05, 3.63) is 17.2 Å². The number of hydrogen-bond donors (Lipinski definition) is 1. The molecule has 0 saturated carbocycles. The maximum Gasteiger partial charge on any atom is 0.409 e. The summed E-state index contributed by atoms with van der Waals surface area (Å²) in [7, 11) is 0. The van der Waals surface area contributed by atoms with Crippen LogP contribution in [0.15, 0.2) is 12.1 Å². The average molecular weight is 440 g/mol. The van der Waals surface area contributed by atoms with Crippen LogP contribution in [0.2, 0.25) is 5.02 Å². The Labute approximate surface area is 182 Å². The molecule has 0 radical (unpaired) electrons. The van der Waals surface area contributed by atoms with Crippen molar-refractivity contribution in [2.24, 2.45) is 5.92 Å². The average Bonchev–Trinajstić information content (AvgIpc) is 3.07. The fourth-order valence-electron chi connectivity index (χ4n) is 3.31. The lowest BCUT2D eigenvalue weighted by Crippen LogP contribution is -2.38. The van der Waals surface area contributed by atoms with Crippen molar-refractivity contribution in [2.45, 2.75) is 26.7 Å². The van der Waals surface area contributed by atoms with Crippen molar-refractivity contribution >= 4 is 29.3 Å². The minimum absolute atomic E-state index is 0.165. The Kier molecular flexibility index (Phi) is 8.04. The van der Waals surface area contributed by atoms with E-state index in [1.807, 2.05) is 18.7 Å². The molecule has 9 heteroatoms. The van der Waals surface area contributed by atoms with Gasteiger partial charge in [0.2, 0.25) is 5.91 Å². The summed E-state index contributed by atoms with van der Waals surface area (Å²) in [6.07, 6.45) is 1.30. The molecule has 8 nitrogen and oxygen atoms in total. The smallest absolute Gasteiger partial charge is 0.409 e. The predicted molar refractivity (Wildman–Crippen MR) is 115 cm³/mol. The van der Waals surface area contributed by atoms with E-state index in [4.69, 9.17) is 25.8 Å². The van der Waals surface area contributed by atoms with Crippen molar-refractivity contribution in [3.8, 4) is 11.5 Å². The van der Waals surface area contributed by atoms with E-state index in [-0.39, 0.29) is 18.5 Å². The Bertz CT molecular complexity index is 758. The Morgan fingerprint density at radius 3 is 2.57 bits per heavy atom. The highest BCUT2D eigenvalue weighted by atomic mass is 35.5. The number of nitrogens with zero attached hydrogens (tertiary/aromatic N) is 2. The van der Waals surface area contributed by atoms with E-state index in [9.17, 15) is 9.59 Å². The van der Waals surface area contributed by atoms with E-state index in [2.05, 4.69) is 5.32 Å². The summed E-state index contributed by atoms with van der Waals surface area (Å²) in [5.41, 5.74) is 0.500. The number of nitrogens with one attached hydrogen (secondary N) is 1. The van der Waals surface area contributed by atoms with E-state index in [1.54, 1.807) is 17.0 Å². The van der Waals surface area contributed by atoms with Gasteiger partial charge in [-0.1, -0.05) is 25.4 Å². The van der Waals surface area contributed by atoms with Crippen molar-refractivity contribution in [2.75, 3.05) is 57.9 Å². The van der Waals surface area contributed by atoms with Crippen LogP contribution in [-0.4, -0.2) is 74.3 Å². The minimum Gasteiger partial charge on any atom is -0.490 e. The fourth-order valence-corrected chi connectivity index (χ4v) is 3.51. The van der Waals surface area contributed by atoms with E-state index < -0.39 is 0 Å². The first-order chi connectivity index (χ1) is 14.4. The molecule has 1 N–H and O–H groups in total. The van der Waals surface area contributed by atoms with Crippen LogP contribution < -0.4 is 14.8 Å². The first-order valence-corrected chi connectivity index (χ1v) is 10.8. The van der Waals surface area contributed by atoms with Gasteiger partial charge in [0.05, 0.1) is 37.1 Å². The lowest BCUT2D eigenvalue weighted by atomic mass is 10.2. The Balaban J connectivity index is 1.52. The maximum absolute atomic E-state index is 12.6. The summed E-state index contributed by atoms with van der Waals surface area (Å²) in [6.45, 7) is 8.29. The summed E-state index contributed by atoms with van der Waals surface area (Å²) in [5.74, 6) is 1.31. The monoisotopic (exact) mass is 439 g/mol. The van der Waals surface area contributed by atoms with Gasteiger partial charge in [-0.05, 0) is 12.3 Å². The van der Waals surface area contributed by atoms with Crippen LogP contribution in [0.3, 0.4) is 0 Å². The molecular formula is C21H30ClN3O5. The molecule has 1 saturated heterocycles. The third-order valence-corrected chi connectivity index (χ3v) is 5.18. The highest BCUT2D eigenvalue weighted by Gasteiger charge is 2.22. The van der Waals surface area contributed by atoms with Crippen LogP contribution >= 0.6 is 11.6 Å². The van der Waals surface area contributed by atoms with Gasteiger partial charge < -0.3 is 24.4 Å². The normalized spacial score (nSPS) is 17.3. The van der Waals surface area contributed by atoms with Gasteiger partial charge in [0.15, 0.2) is 11.5 Å². The van der Waals surface area contributed by atoms with Crippen LogP contribution in [0, 0.1) is 5.92 Å². The largest absolute Gasteiger partial charge is 0.490 e. The molecule has 0 aromatic heterocycles. The second kappa shape index (κ2) is 10.7. The first-order valence-electron chi connectivity index (χ1n) is 10.5. The molecule has 2 amide bonds. The number of benzene rings is 1. The van der Waals surface area contributed by atoms with Crippen molar-refractivity contribution in [1.29, 1.82) is 0 Å². The van der Waals surface area contributed by atoms with Gasteiger partial charge in [0.25, 0.3) is 0 Å². The number of ether oxygens (including phenoxy) is 3. The highest BCUT2D eigenvalue weighted by Crippen LogP contribution is 2.37. The second-order valence-electron chi connectivity index (χ2n) is 7.96. The van der Waals surface area contributed by atoms with Gasteiger partial charge in [-0.15, -0.1) is 0 Å². The molecule has 0 atom stereocenters. The van der Waals surface area contributed by atoms with Crippen LogP contribution in [0.1, 0.15) is 26.7 Å².